The minimum absolute atomic E-state index is 0.0687. The van der Waals surface area contributed by atoms with E-state index in [2.05, 4.69) is 15.2 Å². The van der Waals surface area contributed by atoms with Crippen LogP contribution >= 0.6 is 11.3 Å². The fraction of sp³-hybridized carbons (Fsp3) is 0.667. The monoisotopic (exact) mass is 300 g/mol. The average Bonchev–Trinajstić information content (AvgIpc) is 2.82. The zero-order chi connectivity index (χ0) is 14.5. The molecule has 3 N–H and O–H groups in total. The lowest BCUT2D eigenvalue weighted by atomic mass is 10.3. The number of morpholine rings is 1. The van der Waals surface area contributed by atoms with Crippen LogP contribution in [0.5, 0.6) is 0 Å². The molecule has 1 fully saturated rings. The normalized spacial score (nSPS) is 17.0. The summed E-state index contributed by atoms with van der Waals surface area (Å²) in [5.41, 5.74) is 5.85. The van der Waals surface area contributed by atoms with Gasteiger partial charge >= 0.3 is 0 Å². The van der Waals surface area contributed by atoms with Crippen LogP contribution in [-0.4, -0.2) is 57.0 Å². The van der Waals surface area contributed by atoms with Gasteiger partial charge in [0.2, 0.25) is 0 Å². The maximum Gasteiger partial charge on any atom is 0.265 e. The topological polar surface area (TPSA) is 89.7 Å². The number of aromatic nitrogens is 1. The van der Waals surface area contributed by atoms with Gasteiger partial charge in [0, 0.05) is 26.2 Å². The van der Waals surface area contributed by atoms with E-state index in [1.54, 1.807) is 7.11 Å². The Balaban J connectivity index is 2.04. The number of nitrogen functional groups attached to an aromatic ring is 1. The number of anilines is 2. The first-order valence-corrected chi connectivity index (χ1v) is 7.32. The average molecular weight is 300 g/mol. The highest BCUT2D eigenvalue weighted by Crippen LogP contribution is 2.28. The molecule has 0 spiro atoms. The van der Waals surface area contributed by atoms with Crippen molar-refractivity contribution in [2.24, 2.45) is 0 Å². The van der Waals surface area contributed by atoms with Crippen molar-refractivity contribution in [2.45, 2.75) is 13.0 Å². The summed E-state index contributed by atoms with van der Waals surface area (Å²) in [6.45, 7) is 5.22. The summed E-state index contributed by atoms with van der Waals surface area (Å²) in [4.78, 5) is 18.9. The number of ether oxygens (including phenoxy) is 2. The minimum atomic E-state index is -0.205. The number of nitrogens with zero attached hydrogens (tertiary/aromatic N) is 2. The Bertz CT molecular complexity index is 460. The van der Waals surface area contributed by atoms with Crippen LogP contribution in [0.3, 0.4) is 0 Å². The molecule has 1 saturated heterocycles. The van der Waals surface area contributed by atoms with Crippen molar-refractivity contribution in [3.05, 3.63) is 4.88 Å². The Hall–Kier alpha value is -1.38. The Morgan fingerprint density at radius 1 is 1.60 bits per heavy atom. The highest BCUT2D eigenvalue weighted by Gasteiger charge is 2.21. The number of hydrogen-bond donors (Lipinski definition) is 2. The lowest BCUT2D eigenvalue weighted by Crippen LogP contribution is -2.36. The summed E-state index contributed by atoms with van der Waals surface area (Å²) < 4.78 is 10.3. The fourth-order valence-corrected chi connectivity index (χ4v) is 2.89. The van der Waals surface area contributed by atoms with Crippen molar-refractivity contribution in [2.75, 3.05) is 50.7 Å². The number of thiazole rings is 1. The third-order valence-corrected chi connectivity index (χ3v) is 4.05. The molecule has 0 radical (unpaired) electrons. The summed E-state index contributed by atoms with van der Waals surface area (Å²) in [6.07, 6.45) is 0. The van der Waals surface area contributed by atoms with Gasteiger partial charge in [0.25, 0.3) is 5.91 Å². The molecule has 0 aliphatic carbocycles. The van der Waals surface area contributed by atoms with Crippen LogP contribution < -0.4 is 16.0 Å². The van der Waals surface area contributed by atoms with Crippen LogP contribution in [0.4, 0.5) is 10.9 Å². The number of carbonyl (C=O) groups is 1. The van der Waals surface area contributed by atoms with Gasteiger partial charge in [-0.2, -0.15) is 0 Å². The van der Waals surface area contributed by atoms with E-state index < -0.39 is 0 Å². The first-order chi connectivity index (χ1) is 9.61. The molecule has 1 aliphatic rings. The summed E-state index contributed by atoms with van der Waals surface area (Å²) in [5.74, 6) is 0.0719. The smallest absolute Gasteiger partial charge is 0.265 e. The summed E-state index contributed by atoms with van der Waals surface area (Å²) in [7, 11) is 1.60. The van der Waals surface area contributed by atoms with Crippen molar-refractivity contribution >= 4 is 28.2 Å². The molecular weight excluding hydrogens is 280 g/mol. The summed E-state index contributed by atoms with van der Waals surface area (Å²) in [5, 5.41) is 3.61. The van der Waals surface area contributed by atoms with Crippen LogP contribution in [0, 0.1) is 0 Å². The third kappa shape index (κ3) is 3.59. The fourth-order valence-electron chi connectivity index (χ4n) is 1.95. The number of nitrogens with one attached hydrogen (secondary N) is 1. The highest BCUT2D eigenvalue weighted by atomic mass is 32.1. The number of nitrogens with two attached hydrogens (primary N) is 1. The van der Waals surface area contributed by atoms with Crippen molar-refractivity contribution < 1.29 is 14.3 Å². The number of carbonyl (C=O) groups excluding carboxylic acids is 1. The van der Waals surface area contributed by atoms with E-state index in [0.29, 0.717) is 24.7 Å². The third-order valence-electron chi connectivity index (χ3n) is 2.92. The number of methoxy groups -OCH3 is 1. The second-order valence-corrected chi connectivity index (χ2v) is 5.62. The molecule has 0 aromatic carbocycles. The van der Waals surface area contributed by atoms with Gasteiger partial charge in [-0.05, 0) is 6.92 Å². The lowest BCUT2D eigenvalue weighted by molar-refractivity contribution is 0.0910. The van der Waals surface area contributed by atoms with Crippen molar-refractivity contribution in [3.8, 4) is 0 Å². The van der Waals surface area contributed by atoms with Crippen LogP contribution in [0.25, 0.3) is 0 Å². The molecule has 1 aromatic heterocycles. The predicted octanol–water partition coefficient (Wildman–Crippen LogP) is 0.327. The van der Waals surface area contributed by atoms with Crippen LogP contribution in [0.2, 0.25) is 0 Å². The summed E-state index contributed by atoms with van der Waals surface area (Å²) >= 11 is 1.32. The molecule has 7 nitrogen and oxygen atoms in total. The molecular formula is C12H20N4O3S. The van der Waals surface area contributed by atoms with Gasteiger partial charge < -0.3 is 25.4 Å². The molecule has 1 unspecified atom stereocenters. The standard InChI is InChI=1S/C12H20N4O3S/c1-8(7-18-2)14-11(17)9-10(13)15-12(20-9)16-3-5-19-6-4-16/h8H,3-7,13H2,1-2H3,(H,14,17). The number of hydrogen-bond acceptors (Lipinski definition) is 7. The molecule has 1 atom stereocenters. The Labute approximate surface area is 122 Å². The molecule has 1 aromatic rings. The van der Waals surface area contributed by atoms with E-state index in [1.165, 1.54) is 11.3 Å². The van der Waals surface area contributed by atoms with E-state index >= 15 is 0 Å². The van der Waals surface area contributed by atoms with E-state index in [9.17, 15) is 4.79 Å². The molecule has 8 heteroatoms. The van der Waals surface area contributed by atoms with E-state index in [0.717, 1.165) is 18.2 Å². The maximum atomic E-state index is 12.1. The molecule has 2 heterocycles. The molecule has 1 aliphatic heterocycles. The van der Waals surface area contributed by atoms with Crippen molar-refractivity contribution in [1.29, 1.82) is 0 Å². The second kappa shape index (κ2) is 6.87. The van der Waals surface area contributed by atoms with Crippen molar-refractivity contribution in [1.82, 2.24) is 10.3 Å². The SMILES string of the molecule is COCC(C)NC(=O)c1sc(N2CCOCC2)nc1N. The first-order valence-electron chi connectivity index (χ1n) is 6.50. The number of amides is 1. The Morgan fingerprint density at radius 3 is 2.95 bits per heavy atom. The van der Waals surface area contributed by atoms with E-state index in [1.807, 2.05) is 6.92 Å². The summed E-state index contributed by atoms with van der Waals surface area (Å²) in [6, 6.07) is -0.0687. The van der Waals surface area contributed by atoms with Gasteiger partial charge in [0.15, 0.2) is 5.13 Å². The molecule has 112 valence electrons. The predicted molar refractivity (Wildman–Crippen MR) is 78.4 cm³/mol. The molecule has 2 rings (SSSR count). The van der Waals surface area contributed by atoms with Gasteiger partial charge in [-0.1, -0.05) is 11.3 Å². The maximum absolute atomic E-state index is 12.1. The minimum Gasteiger partial charge on any atom is -0.383 e. The van der Waals surface area contributed by atoms with Crippen molar-refractivity contribution in [3.63, 3.8) is 0 Å². The van der Waals surface area contributed by atoms with Gasteiger partial charge in [-0.15, -0.1) is 0 Å². The Kier molecular flexibility index (Phi) is 5.16. The van der Waals surface area contributed by atoms with Crippen LogP contribution in [0.15, 0.2) is 0 Å². The first kappa shape index (κ1) is 15.0. The van der Waals surface area contributed by atoms with E-state index in [4.69, 9.17) is 15.2 Å². The highest BCUT2D eigenvalue weighted by molar-refractivity contribution is 7.18. The molecule has 1 amide bonds. The largest absolute Gasteiger partial charge is 0.383 e. The van der Waals surface area contributed by atoms with Gasteiger partial charge in [0.05, 0.1) is 19.8 Å². The zero-order valence-electron chi connectivity index (χ0n) is 11.7. The van der Waals surface area contributed by atoms with E-state index in [-0.39, 0.29) is 17.8 Å². The van der Waals surface area contributed by atoms with Crippen LogP contribution in [0.1, 0.15) is 16.6 Å². The lowest BCUT2D eigenvalue weighted by Gasteiger charge is -2.25. The number of rotatable bonds is 5. The van der Waals surface area contributed by atoms with Crippen LogP contribution in [-0.2, 0) is 9.47 Å². The molecule has 0 bridgehead atoms. The zero-order valence-corrected chi connectivity index (χ0v) is 12.5. The Morgan fingerprint density at radius 2 is 2.30 bits per heavy atom. The van der Waals surface area contributed by atoms with Gasteiger partial charge in [-0.25, -0.2) is 4.98 Å². The van der Waals surface area contributed by atoms with Gasteiger partial charge in [-0.3, -0.25) is 4.79 Å². The quantitative estimate of drug-likeness (QED) is 0.814. The second-order valence-electron chi connectivity index (χ2n) is 4.64. The van der Waals surface area contributed by atoms with Gasteiger partial charge in [0.1, 0.15) is 10.7 Å². The molecule has 20 heavy (non-hydrogen) atoms. The molecule has 0 saturated carbocycles.